The summed E-state index contributed by atoms with van der Waals surface area (Å²) in [5.74, 6) is 0. The van der Waals surface area contributed by atoms with Gasteiger partial charge in [0.15, 0.2) is 0 Å². The summed E-state index contributed by atoms with van der Waals surface area (Å²) in [6.07, 6.45) is 17.4. The predicted molar refractivity (Wildman–Crippen MR) is 74.3 cm³/mol. The van der Waals surface area contributed by atoms with Crippen LogP contribution in [-0.2, 0) is 0 Å². The Kier molecular flexibility index (Phi) is 11.8. The molecule has 94 valence electrons. The standard InChI is InChI=1S/C15H29N/c1-3-4-5-6-7-8-9-10-11-12-13-14-15(2)16/h8-9H,2-7,10-14,16H2,1H3/b9-8-. The molecule has 0 aromatic carbocycles. The van der Waals surface area contributed by atoms with Gasteiger partial charge in [0.05, 0.1) is 0 Å². The Morgan fingerprint density at radius 2 is 1.50 bits per heavy atom. The van der Waals surface area contributed by atoms with Crippen LogP contribution in [0.15, 0.2) is 24.4 Å². The van der Waals surface area contributed by atoms with Crippen LogP contribution in [0.25, 0.3) is 0 Å². The van der Waals surface area contributed by atoms with Gasteiger partial charge in [0.2, 0.25) is 0 Å². The van der Waals surface area contributed by atoms with Gasteiger partial charge in [-0.25, -0.2) is 0 Å². The van der Waals surface area contributed by atoms with Crippen molar-refractivity contribution in [3.05, 3.63) is 24.4 Å². The van der Waals surface area contributed by atoms with Crippen LogP contribution in [0.2, 0.25) is 0 Å². The Morgan fingerprint density at radius 1 is 0.938 bits per heavy atom. The van der Waals surface area contributed by atoms with Crippen molar-refractivity contribution < 1.29 is 0 Å². The van der Waals surface area contributed by atoms with Gasteiger partial charge in [-0.05, 0) is 38.5 Å². The topological polar surface area (TPSA) is 26.0 Å². The summed E-state index contributed by atoms with van der Waals surface area (Å²) in [4.78, 5) is 0. The molecule has 0 unspecified atom stereocenters. The number of hydrogen-bond acceptors (Lipinski definition) is 1. The van der Waals surface area contributed by atoms with E-state index in [1.807, 2.05) is 0 Å². The number of hydrogen-bond donors (Lipinski definition) is 1. The van der Waals surface area contributed by atoms with Gasteiger partial charge in [-0.2, -0.15) is 0 Å². The van der Waals surface area contributed by atoms with Gasteiger partial charge in [-0.3, -0.25) is 0 Å². The summed E-state index contributed by atoms with van der Waals surface area (Å²) < 4.78 is 0. The van der Waals surface area contributed by atoms with Crippen LogP contribution in [0.5, 0.6) is 0 Å². The van der Waals surface area contributed by atoms with Gasteiger partial charge >= 0.3 is 0 Å². The van der Waals surface area contributed by atoms with Crippen molar-refractivity contribution in [2.75, 3.05) is 0 Å². The average molecular weight is 223 g/mol. The van der Waals surface area contributed by atoms with E-state index in [-0.39, 0.29) is 0 Å². The van der Waals surface area contributed by atoms with Crippen LogP contribution in [-0.4, -0.2) is 0 Å². The first-order chi connectivity index (χ1) is 7.77. The minimum Gasteiger partial charge on any atom is -0.403 e. The normalized spacial score (nSPS) is 11.1. The summed E-state index contributed by atoms with van der Waals surface area (Å²) in [7, 11) is 0. The summed E-state index contributed by atoms with van der Waals surface area (Å²) in [5, 5.41) is 0. The molecule has 0 spiro atoms. The highest BCUT2D eigenvalue weighted by Gasteiger charge is 1.89. The zero-order valence-corrected chi connectivity index (χ0v) is 11.0. The molecule has 2 N–H and O–H groups in total. The molecule has 0 rings (SSSR count). The Balaban J connectivity index is 3.06. The summed E-state index contributed by atoms with van der Waals surface area (Å²) >= 11 is 0. The molecule has 0 saturated heterocycles. The Morgan fingerprint density at radius 3 is 2.00 bits per heavy atom. The molecule has 0 aromatic heterocycles. The van der Waals surface area contributed by atoms with Gasteiger partial charge in [-0.15, -0.1) is 0 Å². The molecule has 1 heteroatoms. The lowest BCUT2D eigenvalue weighted by molar-refractivity contribution is 0.668. The lowest BCUT2D eigenvalue weighted by atomic mass is 10.1. The number of allylic oxidation sites excluding steroid dienone is 3. The molecule has 0 bridgehead atoms. The largest absolute Gasteiger partial charge is 0.403 e. The Hall–Kier alpha value is -0.720. The van der Waals surface area contributed by atoms with Crippen LogP contribution in [0.4, 0.5) is 0 Å². The molecular weight excluding hydrogens is 194 g/mol. The Bertz CT molecular complexity index is 182. The van der Waals surface area contributed by atoms with Crippen molar-refractivity contribution >= 4 is 0 Å². The van der Waals surface area contributed by atoms with E-state index in [2.05, 4.69) is 25.7 Å². The van der Waals surface area contributed by atoms with Crippen molar-refractivity contribution in [3.8, 4) is 0 Å². The third kappa shape index (κ3) is 13.3. The SMILES string of the molecule is C=C(N)CCCCC/C=C\CCCCCC. The monoisotopic (exact) mass is 223 g/mol. The van der Waals surface area contributed by atoms with Crippen molar-refractivity contribution in [2.24, 2.45) is 5.73 Å². The third-order valence-electron chi connectivity index (χ3n) is 2.76. The quantitative estimate of drug-likeness (QED) is 0.390. The van der Waals surface area contributed by atoms with Crippen LogP contribution in [0.1, 0.15) is 71.1 Å². The second-order valence-electron chi connectivity index (χ2n) is 4.58. The lowest BCUT2D eigenvalue weighted by Gasteiger charge is -1.98. The van der Waals surface area contributed by atoms with Gasteiger partial charge in [0, 0.05) is 5.70 Å². The summed E-state index contributed by atoms with van der Waals surface area (Å²) in [6, 6.07) is 0. The maximum Gasteiger partial charge on any atom is 0.000744 e. The van der Waals surface area contributed by atoms with Crippen molar-refractivity contribution in [1.82, 2.24) is 0 Å². The first-order valence-corrected chi connectivity index (χ1v) is 6.85. The third-order valence-corrected chi connectivity index (χ3v) is 2.76. The first kappa shape index (κ1) is 15.3. The number of nitrogens with two attached hydrogens (primary N) is 1. The van der Waals surface area contributed by atoms with E-state index in [4.69, 9.17) is 5.73 Å². The Labute approximate surface area is 102 Å². The molecule has 16 heavy (non-hydrogen) atoms. The minimum atomic E-state index is 0.825. The predicted octanol–water partition coefficient (Wildman–Crippen LogP) is 4.94. The summed E-state index contributed by atoms with van der Waals surface area (Å²) in [6.45, 7) is 5.96. The maximum atomic E-state index is 5.50. The van der Waals surface area contributed by atoms with Crippen molar-refractivity contribution in [2.45, 2.75) is 71.1 Å². The second kappa shape index (κ2) is 12.4. The molecule has 1 nitrogen and oxygen atoms in total. The fraction of sp³-hybridized carbons (Fsp3) is 0.733. The molecule has 0 aliphatic carbocycles. The van der Waals surface area contributed by atoms with Gasteiger partial charge < -0.3 is 5.73 Å². The average Bonchev–Trinajstić information content (AvgIpc) is 2.25. The minimum absolute atomic E-state index is 0.825. The van der Waals surface area contributed by atoms with Crippen LogP contribution < -0.4 is 5.73 Å². The van der Waals surface area contributed by atoms with E-state index in [9.17, 15) is 0 Å². The second-order valence-corrected chi connectivity index (χ2v) is 4.58. The number of unbranched alkanes of at least 4 members (excludes halogenated alkanes) is 7. The molecule has 0 aromatic rings. The molecule has 0 saturated carbocycles. The smallest absolute Gasteiger partial charge is 0.000744 e. The molecule has 0 aliphatic heterocycles. The van der Waals surface area contributed by atoms with Crippen molar-refractivity contribution in [3.63, 3.8) is 0 Å². The van der Waals surface area contributed by atoms with Crippen LogP contribution in [0, 0.1) is 0 Å². The van der Waals surface area contributed by atoms with Gasteiger partial charge in [-0.1, -0.05) is 51.3 Å². The van der Waals surface area contributed by atoms with Crippen molar-refractivity contribution in [1.29, 1.82) is 0 Å². The van der Waals surface area contributed by atoms with E-state index in [1.165, 1.54) is 57.8 Å². The highest BCUT2D eigenvalue weighted by atomic mass is 14.5. The van der Waals surface area contributed by atoms with Gasteiger partial charge in [0.1, 0.15) is 0 Å². The van der Waals surface area contributed by atoms with Gasteiger partial charge in [0.25, 0.3) is 0 Å². The fourth-order valence-electron chi connectivity index (χ4n) is 1.72. The molecule has 0 amide bonds. The maximum absolute atomic E-state index is 5.50. The first-order valence-electron chi connectivity index (χ1n) is 6.85. The van der Waals surface area contributed by atoms with E-state index < -0.39 is 0 Å². The highest BCUT2D eigenvalue weighted by Crippen LogP contribution is 2.07. The molecular formula is C15H29N. The zero-order chi connectivity index (χ0) is 12.1. The van der Waals surface area contributed by atoms with E-state index >= 15 is 0 Å². The lowest BCUT2D eigenvalue weighted by Crippen LogP contribution is -1.93. The van der Waals surface area contributed by atoms with Crippen LogP contribution >= 0.6 is 0 Å². The zero-order valence-electron chi connectivity index (χ0n) is 11.0. The highest BCUT2D eigenvalue weighted by molar-refractivity contribution is 4.85. The van der Waals surface area contributed by atoms with E-state index in [1.54, 1.807) is 0 Å². The van der Waals surface area contributed by atoms with Crippen LogP contribution in [0.3, 0.4) is 0 Å². The molecule has 0 aliphatic rings. The number of rotatable bonds is 11. The van der Waals surface area contributed by atoms with E-state index in [0.29, 0.717) is 0 Å². The molecule has 0 radical (unpaired) electrons. The molecule has 0 heterocycles. The van der Waals surface area contributed by atoms with E-state index in [0.717, 1.165) is 12.1 Å². The molecule has 0 atom stereocenters. The fourth-order valence-corrected chi connectivity index (χ4v) is 1.72. The summed E-state index contributed by atoms with van der Waals surface area (Å²) in [5.41, 5.74) is 6.33. The molecule has 0 fully saturated rings.